The fourth-order valence-electron chi connectivity index (χ4n) is 1.88. The van der Waals surface area contributed by atoms with Gasteiger partial charge in [-0.25, -0.2) is 4.79 Å². The van der Waals surface area contributed by atoms with E-state index >= 15 is 0 Å². The summed E-state index contributed by atoms with van der Waals surface area (Å²) >= 11 is 11.9. The fraction of sp³-hybridized carbons (Fsp3) is 0.562. The first kappa shape index (κ1) is 19.7. The van der Waals surface area contributed by atoms with Crippen LogP contribution in [-0.4, -0.2) is 31.1 Å². The lowest BCUT2D eigenvalue weighted by molar-refractivity contribution is -0.153. The van der Waals surface area contributed by atoms with Crippen molar-refractivity contribution in [3.05, 3.63) is 28.2 Å². The highest BCUT2D eigenvalue weighted by Gasteiger charge is 2.34. The van der Waals surface area contributed by atoms with Crippen molar-refractivity contribution in [2.75, 3.05) is 13.2 Å². The van der Waals surface area contributed by atoms with E-state index in [1.807, 2.05) is 0 Å². The maximum absolute atomic E-state index is 12.2. The Morgan fingerprint density at radius 3 is 2.46 bits per heavy atom. The molecule has 2 unspecified atom stereocenters. The number of esters is 1. The summed E-state index contributed by atoms with van der Waals surface area (Å²) in [5.41, 5.74) is -0.0235. The molecule has 0 N–H and O–H groups in total. The second kappa shape index (κ2) is 8.20. The van der Waals surface area contributed by atoms with Crippen LogP contribution in [0, 0.1) is 5.41 Å². The van der Waals surface area contributed by atoms with E-state index in [0.29, 0.717) is 29.0 Å². The topological polar surface area (TPSA) is 54.0 Å². The highest BCUT2D eigenvalue weighted by Crippen LogP contribution is 2.50. The van der Waals surface area contributed by atoms with Gasteiger partial charge in [0.15, 0.2) is 11.9 Å². The number of ether oxygens (including phenoxy) is 2. The monoisotopic (exact) mass is 394 g/mol. The molecule has 1 fully saturated rings. The summed E-state index contributed by atoms with van der Waals surface area (Å²) in [5.74, 6) is -0.612. The molecule has 0 radical (unpaired) electrons. The van der Waals surface area contributed by atoms with Crippen LogP contribution >= 0.6 is 31.6 Å². The van der Waals surface area contributed by atoms with Crippen LogP contribution in [0.1, 0.15) is 27.7 Å². The minimum absolute atomic E-state index is 0.0235. The van der Waals surface area contributed by atoms with E-state index in [0.717, 1.165) is 0 Å². The molecule has 1 aliphatic rings. The van der Waals surface area contributed by atoms with Gasteiger partial charge in [0, 0.05) is 10.4 Å². The third kappa shape index (κ3) is 5.47. The second-order valence-corrected chi connectivity index (χ2v) is 9.03. The van der Waals surface area contributed by atoms with Gasteiger partial charge in [0.2, 0.25) is 8.38 Å². The lowest BCUT2D eigenvalue weighted by Crippen LogP contribution is -2.33. The molecule has 1 aromatic rings. The second-order valence-electron chi connectivity index (χ2n) is 6.37. The Bertz CT molecular complexity index is 586. The quantitative estimate of drug-likeness (QED) is 0.517. The van der Waals surface area contributed by atoms with E-state index in [-0.39, 0.29) is 5.41 Å². The molecular formula is C16H21Cl2O5P. The molecule has 0 amide bonds. The van der Waals surface area contributed by atoms with Crippen molar-refractivity contribution < 1.29 is 23.3 Å². The van der Waals surface area contributed by atoms with Crippen molar-refractivity contribution in [3.63, 3.8) is 0 Å². The van der Waals surface area contributed by atoms with Gasteiger partial charge in [0.1, 0.15) is 5.75 Å². The number of carbonyl (C=O) groups excluding carboxylic acids is 1. The van der Waals surface area contributed by atoms with Gasteiger partial charge in [-0.2, -0.15) is 0 Å². The molecule has 8 heteroatoms. The Morgan fingerprint density at radius 1 is 1.25 bits per heavy atom. The average Bonchev–Trinajstić information content (AvgIpc) is 2.49. The first-order valence-electron chi connectivity index (χ1n) is 7.55. The molecule has 0 aliphatic carbocycles. The van der Waals surface area contributed by atoms with Crippen molar-refractivity contribution in [3.8, 4) is 5.75 Å². The third-order valence-corrected chi connectivity index (χ3v) is 5.28. The standard InChI is InChI=1S/C16H21Cl2O5P/c1-10(22-14-6-5-12(17)7-13(14)18)15(19)23-11(2)24-20-8-16(3,4)9-21-24/h5-7,10-11H,8-9H2,1-4H3. The van der Waals surface area contributed by atoms with Crippen LogP contribution in [0.15, 0.2) is 18.2 Å². The van der Waals surface area contributed by atoms with Crippen LogP contribution in [0.5, 0.6) is 5.75 Å². The van der Waals surface area contributed by atoms with E-state index in [9.17, 15) is 4.79 Å². The molecule has 24 heavy (non-hydrogen) atoms. The summed E-state index contributed by atoms with van der Waals surface area (Å²) in [7, 11) is -1.26. The molecular weight excluding hydrogens is 374 g/mol. The van der Waals surface area contributed by atoms with E-state index in [1.54, 1.807) is 32.0 Å². The molecule has 1 aromatic carbocycles. The zero-order valence-electron chi connectivity index (χ0n) is 14.0. The molecule has 0 saturated carbocycles. The molecule has 5 nitrogen and oxygen atoms in total. The summed E-state index contributed by atoms with van der Waals surface area (Å²) in [5, 5.41) is 0.828. The maximum atomic E-state index is 12.2. The van der Waals surface area contributed by atoms with Gasteiger partial charge in [-0.15, -0.1) is 0 Å². The van der Waals surface area contributed by atoms with Crippen LogP contribution in [0.25, 0.3) is 0 Å². The number of hydrogen-bond donors (Lipinski definition) is 0. The Labute approximate surface area is 153 Å². The van der Waals surface area contributed by atoms with Crippen LogP contribution in [0.3, 0.4) is 0 Å². The molecule has 0 spiro atoms. The maximum Gasteiger partial charge on any atom is 0.347 e. The zero-order chi connectivity index (χ0) is 17.9. The van der Waals surface area contributed by atoms with Crippen molar-refractivity contribution >= 4 is 37.5 Å². The minimum Gasteiger partial charge on any atom is -0.477 e. The van der Waals surface area contributed by atoms with Gasteiger partial charge in [-0.05, 0) is 32.0 Å². The van der Waals surface area contributed by atoms with Crippen molar-refractivity contribution in [2.45, 2.75) is 39.6 Å². The average molecular weight is 395 g/mol. The van der Waals surface area contributed by atoms with Crippen LogP contribution in [0.4, 0.5) is 0 Å². The SMILES string of the molecule is CC(Oc1ccc(Cl)cc1Cl)C(=O)OC(C)P1OCC(C)(C)CO1. The summed E-state index contributed by atoms with van der Waals surface area (Å²) < 4.78 is 22.3. The van der Waals surface area contributed by atoms with Crippen molar-refractivity contribution in [2.24, 2.45) is 5.41 Å². The molecule has 0 aromatic heterocycles. The molecule has 0 bridgehead atoms. The number of rotatable bonds is 5. The van der Waals surface area contributed by atoms with Gasteiger partial charge in [0.05, 0.1) is 18.2 Å². The highest BCUT2D eigenvalue weighted by molar-refractivity contribution is 7.47. The Morgan fingerprint density at radius 2 is 1.88 bits per heavy atom. The first-order chi connectivity index (χ1) is 11.2. The normalized spacial score (nSPS) is 20.2. The summed E-state index contributed by atoms with van der Waals surface area (Å²) in [4.78, 5) is 12.2. The Balaban J connectivity index is 1.87. The van der Waals surface area contributed by atoms with Crippen molar-refractivity contribution in [1.82, 2.24) is 0 Å². The predicted octanol–water partition coefficient (Wildman–Crippen LogP) is 5.03. The number of benzene rings is 1. The number of carbonyl (C=O) groups is 1. The highest BCUT2D eigenvalue weighted by atomic mass is 35.5. The third-order valence-electron chi connectivity index (χ3n) is 3.28. The Hall–Kier alpha value is -0.580. The molecule has 1 saturated heterocycles. The zero-order valence-corrected chi connectivity index (χ0v) is 16.5. The van der Waals surface area contributed by atoms with E-state index in [2.05, 4.69) is 13.8 Å². The molecule has 134 valence electrons. The van der Waals surface area contributed by atoms with Gasteiger partial charge < -0.3 is 18.5 Å². The summed E-state index contributed by atoms with van der Waals surface area (Å²) in [6.45, 7) is 8.62. The van der Waals surface area contributed by atoms with Crippen LogP contribution in [0.2, 0.25) is 10.0 Å². The lowest BCUT2D eigenvalue weighted by Gasteiger charge is -2.35. The number of halogens is 2. The predicted molar refractivity (Wildman–Crippen MR) is 94.7 cm³/mol. The molecule has 1 aliphatic heterocycles. The smallest absolute Gasteiger partial charge is 0.347 e. The van der Waals surface area contributed by atoms with Crippen LogP contribution < -0.4 is 4.74 Å². The summed E-state index contributed by atoms with van der Waals surface area (Å²) in [6.07, 6.45) is -0.817. The van der Waals surface area contributed by atoms with E-state index < -0.39 is 26.3 Å². The van der Waals surface area contributed by atoms with Gasteiger partial charge in [-0.1, -0.05) is 37.0 Å². The van der Waals surface area contributed by atoms with E-state index in [4.69, 9.17) is 41.7 Å². The minimum atomic E-state index is -1.26. The molecule has 2 rings (SSSR count). The van der Waals surface area contributed by atoms with Gasteiger partial charge in [-0.3, -0.25) is 0 Å². The fourth-order valence-corrected chi connectivity index (χ4v) is 3.97. The first-order valence-corrected chi connectivity index (χ1v) is 9.55. The Kier molecular flexibility index (Phi) is 6.74. The molecule has 1 heterocycles. The number of hydrogen-bond acceptors (Lipinski definition) is 5. The van der Waals surface area contributed by atoms with E-state index in [1.165, 1.54) is 0 Å². The van der Waals surface area contributed by atoms with Crippen LogP contribution in [-0.2, 0) is 18.6 Å². The lowest BCUT2D eigenvalue weighted by atomic mass is 9.97. The van der Waals surface area contributed by atoms with Crippen molar-refractivity contribution in [1.29, 1.82) is 0 Å². The largest absolute Gasteiger partial charge is 0.477 e. The van der Waals surface area contributed by atoms with Gasteiger partial charge in [0.25, 0.3) is 0 Å². The summed E-state index contributed by atoms with van der Waals surface area (Å²) in [6, 6.07) is 4.79. The van der Waals surface area contributed by atoms with Gasteiger partial charge >= 0.3 is 5.97 Å². The molecule has 2 atom stereocenters.